The lowest BCUT2D eigenvalue weighted by Crippen LogP contribution is -2.46. The highest BCUT2D eigenvalue weighted by molar-refractivity contribution is 7.88. The van der Waals surface area contributed by atoms with Gasteiger partial charge in [0.2, 0.25) is 10.0 Å². The normalized spacial score (nSPS) is 15.0. The van der Waals surface area contributed by atoms with E-state index >= 15 is 0 Å². The van der Waals surface area contributed by atoms with Gasteiger partial charge in [-0.15, -0.1) is 0 Å². The maximum absolute atomic E-state index is 12.8. The fourth-order valence-electron chi connectivity index (χ4n) is 2.96. The van der Waals surface area contributed by atoms with Gasteiger partial charge in [0.1, 0.15) is 0 Å². The van der Waals surface area contributed by atoms with Crippen LogP contribution in [0.3, 0.4) is 0 Å². The van der Waals surface area contributed by atoms with Gasteiger partial charge < -0.3 is 10.4 Å². The van der Waals surface area contributed by atoms with E-state index in [0.717, 1.165) is 11.1 Å². The van der Waals surface area contributed by atoms with Gasteiger partial charge in [-0.2, -0.15) is 9.40 Å². The number of sulfonamides is 1. The summed E-state index contributed by atoms with van der Waals surface area (Å²) >= 11 is 0. The van der Waals surface area contributed by atoms with Crippen LogP contribution in [0.1, 0.15) is 46.7 Å². The van der Waals surface area contributed by atoms with E-state index in [4.69, 9.17) is 0 Å². The Hall–Kier alpha value is -2.23. The maximum Gasteiger partial charge on any atom is 0.272 e. The van der Waals surface area contributed by atoms with Gasteiger partial charge in [0.15, 0.2) is 5.69 Å². The molecule has 1 amide bonds. The molecule has 1 aromatic heterocycles. The average Bonchev–Trinajstić information content (AvgIpc) is 3.17. The Bertz CT molecular complexity index is 965. The van der Waals surface area contributed by atoms with Crippen LogP contribution in [0.2, 0.25) is 0 Å². The van der Waals surface area contributed by atoms with E-state index in [1.54, 1.807) is 19.9 Å². The van der Waals surface area contributed by atoms with Gasteiger partial charge >= 0.3 is 0 Å². The van der Waals surface area contributed by atoms with Gasteiger partial charge in [-0.05, 0) is 31.9 Å². The topological polar surface area (TPSA) is 115 Å². The smallest absolute Gasteiger partial charge is 0.272 e. The molecule has 27 heavy (non-hydrogen) atoms. The molecule has 0 spiro atoms. The van der Waals surface area contributed by atoms with Gasteiger partial charge in [0.25, 0.3) is 5.91 Å². The van der Waals surface area contributed by atoms with Crippen LogP contribution in [0.25, 0.3) is 0 Å². The molecular formula is C18H24N4O4S. The van der Waals surface area contributed by atoms with Crippen LogP contribution in [0.5, 0.6) is 0 Å². The van der Waals surface area contributed by atoms with E-state index in [9.17, 15) is 18.3 Å². The van der Waals surface area contributed by atoms with Crippen molar-refractivity contribution >= 4 is 15.9 Å². The van der Waals surface area contributed by atoms with Gasteiger partial charge in [-0.1, -0.05) is 24.3 Å². The Kier molecular flexibility index (Phi) is 5.11. The van der Waals surface area contributed by atoms with Gasteiger partial charge in [-0.25, -0.2) is 8.42 Å². The summed E-state index contributed by atoms with van der Waals surface area (Å²) in [4.78, 5) is 12.5. The number of hydrogen-bond donors (Lipinski definition) is 3. The number of rotatable bonds is 6. The zero-order chi connectivity index (χ0) is 19.8. The first-order chi connectivity index (χ1) is 12.6. The van der Waals surface area contributed by atoms with Crippen molar-refractivity contribution < 1.29 is 18.3 Å². The molecule has 1 aromatic carbocycles. The van der Waals surface area contributed by atoms with Crippen LogP contribution in [0.4, 0.5) is 0 Å². The molecule has 146 valence electrons. The lowest BCUT2D eigenvalue weighted by atomic mass is 10.1. The molecule has 0 saturated carbocycles. The molecule has 8 nitrogen and oxygen atoms in total. The number of aromatic amines is 1. The number of amides is 1. The van der Waals surface area contributed by atoms with Crippen LogP contribution in [-0.2, 0) is 28.9 Å². The summed E-state index contributed by atoms with van der Waals surface area (Å²) in [5, 5.41) is 18.8. The summed E-state index contributed by atoms with van der Waals surface area (Å²) in [6.45, 7) is 5.30. The first-order valence-corrected chi connectivity index (χ1v) is 10.3. The highest BCUT2D eigenvalue weighted by Crippen LogP contribution is 2.28. The number of benzene rings is 1. The van der Waals surface area contributed by atoms with Crippen molar-refractivity contribution in [3.05, 3.63) is 52.3 Å². The monoisotopic (exact) mass is 392 g/mol. The summed E-state index contributed by atoms with van der Waals surface area (Å²) in [6.07, 6.45) is 0. The summed E-state index contributed by atoms with van der Waals surface area (Å²) < 4.78 is 27.0. The van der Waals surface area contributed by atoms with Crippen molar-refractivity contribution in [2.75, 3.05) is 6.61 Å². The zero-order valence-corrected chi connectivity index (χ0v) is 16.4. The van der Waals surface area contributed by atoms with Crippen LogP contribution in [0.15, 0.2) is 24.3 Å². The van der Waals surface area contributed by atoms with Crippen molar-refractivity contribution in [1.82, 2.24) is 19.8 Å². The molecule has 0 bridgehead atoms. The summed E-state index contributed by atoms with van der Waals surface area (Å²) in [5.41, 5.74) is 2.25. The number of carbonyl (C=O) groups excluding carboxylic acids is 1. The van der Waals surface area contributed by atoms with Crippen molar-refractivity contribution in [2.45, 2.75) is 45.2 Å². The van der Waals surface area contributed by atoms with Crippen molar-refractivity contribution in [2.24, 2.45) is 0 Å². The van der Waals surface area contributed by atoms with Crippen LogP contribution in [0, 0.1) is 6.92 Å². The Labute approximate surface area is 158 Å². The summed E-state index contributed by atoms with van der Waals surface area (Å²) in [5.74, 6) is -0.527. The first-order valence-electron chi connectivity index (χ1n) is 8.65. The minimum Gasteiger partial charge on any atom is -0.394 e. The highest BCUT2D eigenvalue weighted by atomic mass is 32.2. The van der Waals surface area contributed by atoms with Gasteiger partial charge in [0, 0.05) is 12.1 Å². The SMILES string of the molecule is Cc1ccccc1CS(=O)(=O)N1Cc2[nH]nc(C(=O)NC(C)(C)CO)c2C1. The molecule has 3 rings (SSSR count). The largest absolute Gasteiger partial charge is 0.394 e. The van der Waals surface area contributed by atoms with E-state index in [-0.39, 0.29) is 31.1 Å². The third-order valence-electron chi connectivity index (χ3n) is 4.68. The number of aliphatic hydroxyl groups is 1. The molecule has 3 N–H and O–H groups in total. The maximum atomic E-state index is 12.8. The van der Waals surface area contributed by atoms with E-state index in [1.807, 2.05) is 25.1 Å². The fraction of sp³-hybridized carbons (Fsp3) is 0.444. The first kappa shape index (κ1) is 19.5. The third kappa shape index (κ3) is 4.05. The van der Waals surface area contributed by atoms with Crippen molar-refractivity contribution in [1.29, 1.82) is 0 Å². The van der Waals surface area contributed by atoms with E-state index in [2.05, 4.69) is 15.5 Å². The van der Waals surface area contributed by atoms with E-state index in [1.165, 1.54) is 4.31 Å². The fourth-order valence-corrected chi connectivity index (χ4v) is 4.51. The molecule has 0 aliphatic carbocycles. The van der Waals surface area contributed by atoms with Crippen molar-refractivity contribution in [3.63, 3.8) is 0 Å². The zero-order valence-electron chi connectivity index (χ0n) is 15.6. The second-order valence-electron chi connectivity index (χ2n) is 7.48. The molecule has 1 aliphatic heterocycles. The minimum atomic E-state index is -3.54. The Morgan fingerprint density at radius 2 is 2.04 bits per heavy atom. The molecule has 0 radical (unpaired) electrons. The Balaban J connectivity index is 1.77. The van der Waals surface area contributed by atoms with Crippen LogP contribution < -0.4 is 5.32 Å². The average molecular weight is 392 g/mol. The molecule has 2 aromatic rings. The number of hydrogen-bond acceptors (Lipinski definition) is 5. The summed E-state index contributed by atoms with van der Waals surface area (Å²) in [6, 6.07) is 7.38. The highest BCUT2D eigenvalue weighted by Gasteiger charge is 2.35. The van der Waals surface area contributed by atoms with Crippen LogP contribution in [-0.4, -0.2) is 46.1 Å². The minimum absolute atomic E-state index is 0.0869. The number of fused-ring (bicyclic) bond motifs is 1. The molecule has 2 heterocycles. The predicted molar refractivity (Wildman–Crippen MR) is 100 cm³/mol. The molecule has 9 heteroatoms. The quantitative estimate of drug-likeness (QED) is 0.680. The number of H-pyrrole nitrogens is 1. The molecule has 1 aliphatic rings. The molecule has 0 fully saturated rings. The lowest BCUT2D eigenvalue weighted by Gasteiger charge is -2.23. The predicted octanol–water partition coefficient (Wildman–Crippen LogP) is 1.06. The van der Waals surface area contributed by atoms with Gasteiger partial charge in [0.05, 0.1) is 30.1 Å². The number of nitrogens with zero attached hydrogens (tertiary/aromatic N) is 2. The summed E-state index contributed by atoms with van der Waals surface area (Å²) in [7, 11) is -3.54. The standard InChI is InChI=1S/C18H24N4O4S/c1-12-6-4-5-7-13(12)10-27(25,26)22-8-14-15(9-22)20-21-16(14)17(24)19-18(2,3)11-23/h4-7,23H,8-11H2,1-3H3,(H,19,24)(H,20,21). The molecule has 0 atom stereocenters. The number of aryl methyl sites for hydroxylation is 1. The van der Waals surface area contributed by atoms with E-state index in [0.29, 0.717) is 11.3 Å². The Morgan fingerprint density at radius 3 is 2.70 bits per heavy atom. The van der Waals surface area contributed by atoms with Gasteiger partial charge in [-0.3, -0.25) is 9.89 Å². The Morgan fingerprint density at radius 1 is 1.33 bits per heavy atom. The lowest BCUT2D eigenvalue weighted by molar-refractivity contribution is 0.0863. The second kappa shape index (κ2) is 7.06. The number of aliphatic hydroxyl groups excluding tert-OH is 1. The molecular weight excluding hydrogens is 368 g/mol. The molecule has 0 unspecified atom stereocenters. The van der Waals surface area contributed by atoms with Crippen LogP contribution >= 0.6 is 0 Å². The van der Waals surface area contributed by atoms with E-state index < -0.39 is 21.5 Å². The third-order valence-corrected chi connectivity index (χ3v) is 6.40. The number of aromatic nitrogens is 2. The number of carbonyl (C=O) groups is 1. The number of nitrogens with one attached hydrogen (secondary N) is 2. The molecule has 0 saturated heterocycles. The van der Waals surface area contributed by atoms with Crippen molar-refractivity contribution in [3.8, 4) is 0 Å². The second-order valence-corrected chi connectivity index (χ2v) is 9.45.